The van der Waals surface area contributed by atoms with Gasteiger partial charge in [0.25, 0.3) is 0 Å². The molecule has 1 aliphatic heterocycles. The summed E-state index contributed by atoms with van der Waals surface area (Å²) in [6.07, 6.45) is 1.14. The second kappa shape index (κ2) is 2.98. The smallest absolute Gasteiger partial charge is 0.0683 e. The number of ether oxygens (including phenoxy) is 1. The molecule has 0 bridgehead atoms. The van der Waals surface area contributed by atoms with Crippen LogP contribution in [0.1, 0.15) is 27.2 Å². The number of rotatable bonds is 1. The lowest BCUT2D eigenvalue weighted by Gasteiger charge is -2.22. The summed E-state index contributed by atoms with van der Waals surface area (Å²) in [5.74, 6) is 0.495. The van der Waals surface area contributed by atoms with Gasteiger partial charge in [-0.05, 0) is 17.4 Å². The van der Waals surface area contributed by atoms with Crippen LogP contribution in [-0.4, -0.2) is 13.2 Å². The molecule has 1 heteroatoms. The van der Waals surface area contributed by atoms with Crippen molar-refractivity contribution in [3.05, 3.63) is 12.2 Å². The van der Waals surface area contributed by atoms with Crippen LogP contribution >= 0.6 is 0 Å². The van der Waals surface area contributed by atoms with Gasteiger partial charge in [0.1, 0.15) is 0 Å². The van der Waals surface area contributed by atoms with Crippen molar-refractivity contribution < 1.29 is 4.74 Å². The molecule has 0 aromatic carbocycles. The molecular formula is C10H17O. The van der Waals surface area contributed by atoms with Gasteiger partial charge in [0.05, 0.1) is 13.2 Å². The monoisotopic (exact) mass is 153 g/mol. The highest BCUT2D eigenvalue weighted by Gasteiger charge is 2.25. The Balaban J connectivity index is 2.43. The number of hydrogen-bond acceptors (Lipinski definition) is 1. The standard InChI is InChI=1S/C10H17O/c1-8-6-11-7-9(8)5-10(2,3)4/h1,9H,5-7H2,2-4H3. The van der Waals surface area contributed by atoms with Crippen molar-refractivity contribution in [2.24, 2.45) is 11.3 Å². The predicted octanol–water partition coefficient (Wildman–Crippen LogP) is 2.43. The van der Waals surface area contributed by atoms with Crippen LogP contribution in [0.15, 0.2) is 5.57 Å². The molecule has 0 spiro atoms. The van der Waals surface area contributed by atoms with E-state index in [1.165, 1.54) is 0 Å². The van der Waals surface area contributed by atoms with Gasteiger partial charge in [0.15, 0.2) is 0 Å². The normalized spacial score (nSPS) is 26.1. The largest absolute Gasteiger partial charge is 0.376 e. The van der Waals surface area contributed by atoms with E-state index in [0.717, 1.165) is 18.6 Å². The molecule has 0 aliphatic carbocycles. The van der Waals surface area contributed by atoms with E-state index in [9.17, 15) is 0 Å². The Kier molecular flexibility index (Phi) is 2.38. The van der Waals surface area contributed by atoms with Crippen molar-refractivity contribution >= 4 is 0 Å². The fourth-order valence-corrected chi connectivity index (χ4v) is 1.47. The molecule has 0 N–H and O–H groups in total. The Morgan fingerprint density at radius 2 is 2.18 bits per heavy atom. The van der Waals surface area contributed by atoms with Gasteiger partial charge >= 0.3 is 0 Å². The lowest BCUT2D eigenvalue weighted by molar-refractivity contribution is 0.174. The topological polar surface area (TPSA) is 9.23 Å². The van der Waals surface area contributed by atoms with E-state index in [1.807, 2.05) is 0 Å². The Labute approximate surface area is 69.4 Å². The fourth-order valence-electron chi connectivity index (χ4n) is 1.47. The molecule has 0 aromatic rings. The summed E-state index contributed by atoms with van der Waals surface area (Å²) in [7, 11) is 0. The predicted molar refractivity (Wildman–Crippen MR) is 46.2 cm³/mol. The highest BCUT2D eigenvalue weighted by molar-refractivity contribution is 5.03. The molecule has 1 unspecified atom stereocenters. The van der Waals surface area contributed by atoms with Gasteiger partial charge < -0.3 is 4.74 Å². The molecular weight excluding hydrogens is 136 g/mol. The van der Waals surface area contributed by atoms with Gasteiger partial charge in [-0.3, -0.25) is 0 Å². The zero-order valence-corrected chi connectivity index (χ0v) is 7.68. The number of hydrogen-bond donors (Lipinski definition) is 0. The molecule has 1 rings (SSSR count). The molecule has 0 aromatic heterocycles. The SMILES string of the molecule is [CH]=C1COCC1CC(C)(C)C. The van der Waals surface area contributed by atoms with Gasteiger partial charge in [-0.25, -0.2) is 0 Å². The molecule has 0 saturated carbocycles. The summed E-state index contributed by atoms with van der Waals surface area (Å²) >= 11 is 0. The van der Waals surface area contributed by atoms with Gasteiger partial charge in [0, 0.05) is 5.92 Å². The molecule has 1 nitrogen and oxygen atoms in total. The second-order valence-electron chi connectivity index (χ2n) is 4.55. The highest BCUT2D eigenvalue weighted by atomic mass is 16.5. The lowest BCUT2D eigenvalue weighted by atomic mass is 9.83. The van der Waals surface area contributed by atoms with E-state index in [1.54, 1.807) is 0 Å². The van der Waals surface area contributed by atoms with Crippen LogP contribution < -0.4 is 0 Å². The zero-order valence-electron chi connectivity index (χ0n) is 7.68. The Bertz CT molecular complexity index is 153. The molecule has 1 fully saturated rings. The minimum absolute atomic E-state index is 0.364. The van der Waals surface area contributed by atoms with Crippen LogP contribution in [0.5, 0.6) is 0 Å². The summed E-state index contributed by atoms with van der Waals surface area (Å²) in [5.41, 5.74) is 1.39. The average Bonchev–Trinajstić information content (AvgIpc) is 2.12. The third-order valence-electron chi connectivity index (χ3n) is 1.97. The fraction of sp³-hybridized carbons (Fsp3) is 0.800. The molecule has 1 radical (unpaired) electrons. The summed E-state index contributed by atoms with van der Waals surface area (Å²) in [5, 5.41) is 0. The van der Waals surface area contributed by atoms with Crippen LogP contribution in [0, 0.1) is 17.9 Å². The summed E-state index contributed by atoms with van der Waals surface area (Å²) in [6.45, 7) is 14.0. The summed E-state index contributed by atoms with van der Waals surface area (Å²) in [6, 6.07) is 0. The van der Waals surface area contributed by atoms with Gasteiger partial charge in [-0.2, -0.15) is 0 Å². The van der Waals surface area contributed by atoms with Gasteiger partial charge in [-0.15, -0.1) is 0 Å². The van der Waals surface area contributed by atoms with Crippen molar-refractivity contribution in [3.63, 3.8) is 0 Å². The molecule has 1 aliphatic rings. The van der Waals surface area contributed by atoms with Gasteiger partial charge in [0.2, 0.25) is 0 Å². The molecule has 1 saturated heterocycles. The van der Waals surface area contributed by atoms with Crippen molar-refractivity contribution in [1.82, 2.24) is 0 Å². The van der Waals surface area contributed by atoms with Crippen molar-refractivity contribution in [2.45, 2.75) is 27.2 Å². The maximum atomic E-state index is 5.78. The van der Waals surface area contributed by atoms with Crippen LogP contribution in [0.25, 0.3) is 0 Å². The Morgan fingerprint density at radius 3 is 2.55 bits per heavy atom. The van der Waals surface area contributed by atoms with Crippen molar-refractivity contribution in [3.8, 4) is 0 Å². The molecule has 11 heavy (non-hydrogen) atoms. The first-order valence-electron chi connectivity index (χ1n) is 4.18. The van der Waals surface area contributed by atoms with Crippen LogP contribution in [-0.2, 0) is 4.74 Å². The third-order valence-corrected chi connectivity index (χ3v) is 1.97. The summed E-state index contributed by atoms with van der Waals surface area (Å²) < 4.78 is 5.25. The summed E-state index contributed by atoms with van der Waals surface area (Å²) in [4.78, 5) is 0. The van der Waals surface area contributed by atoms with Crippen LogP contribution in [0.3, 0.4) is 0 Å². The maximum absolute atomic E-state index is 5.78. The second-order valence-corrected chi connectivity index (χ2v) is 4.55. The first-order valence-corrected chi connectivity index (χ1v) is 4.18. The average molecular weight is 153 g/mol. The molecule has 0 amide bonds. The highest BCUT2D eigenvalue weighted by Crippen LogP contribution is 2.31. The first kappa shape index (κ1) is 8.79. The van der Waals surface area contributed by atoms with E-state index in [2.05, 4.69) is 20.8 Å². The van der Waals surface area contributed by atoms with Crippen molar-refractivity contribution in [1.29, 1.82) is 0 Å². The van der Waals surface area contributed by atoms with E-state index < -0.39 is 0 Å². The molecule has 1 atom stereocenters. The van der Waals surface area contributed by atoms with Crippen molar-refractivity contribution in [2.75, 3.05) is 13.2 Å². The Hall–Kier alpha value is -0.300. The molecule has 1 heterocycles. The van der Waals surface area contributed by atoms with E-state index in [0.29, 0.717) is 17.9 Å². The van der Waals surface area contributed by atoms with E-state index in [-0.39, 0.29) is 0 Å². The van der Waals surface area contributed by atoms with Crippen LogP contribution in [0.2, 0.25) is 0 Å². The lowest BCUT2D eigenvalue weighted by Crippen LogP contribution is -2.14. The molecule has 63 valence electrons. The Morgan fingerprint density at radius 1 is 1.55 bits per heavy atom. The first-order chi connectivity index (χ1) is 4.99. The van der Waals surface area contributed by atoms with Crippen LogP contribution in [0.4, 0.5) is 0 Å². The zero-order chi connectivity index (χ0) is 8.48. The van der Waals surface area contributed by atoms with E-state index >= 15 is 0 Å². The maximum Gasteiger partial charge on any atom is 0.0683 e. The minimum atomic E-state index is 0.364. The van der Waals surface area contributed by atoms with E-state index in [4.69, 9.17) is 11.3 Å². The quantitative estimate of drug-likeness (QED) is 0.562. The minimum Gasteiger partial charge on any atom is -0.376 e. The van der Waals surface area contributed by atoms with Gasteiger partial charge in [-0.1, -0.05) is 27.4 Å². The third kappa shape index (κ3) is 2.66.